The summed E-state index contributed by atoms with van der Waals surface area (Å²) < 4.78 is 0. The zero-order valence-electron chi connectivity index (χ0n) is 4.70. The number of hydrogen-bond acceptors (Lipinski definition) is 0. The molecule has 0 fully saturated rings. The van der Waals surface area contributed by atoms with Gasteiger partial charge in [-0.15, -0.1) is 0 Å². The molecule has 0 heteroatoms. The summed E-state index contributed by atoms with van der Waals surface area (Å²) >= 11 is 0. The van der Waals surface area contributed by atoms with E-state index in [1.165, 1.54) is 6.42 Å². The molecule has 0 bridgehead atoms. The molecule has 0 radical (unpaired) electrons. The summed E-state index contributed by atoms with van der Waals surface area (Å²) in [6, 6.07) is 0. The Balaban J connectivity index is 2.63. The summed E-state index contributed by atoms with van der Waals surface area (Å²) in [4.78, 5) is 0. The summed E-state index contributed by atoms with van der Waals surface area (Å²) in [5.41, 5.74) is 0. The molecule has 0 aromatic rings. The minimum absolute atomic E-state index is 0.836. The molecule has 0 N–H and O–H groups in total. The van der Waals surface area contributed by atoms with Gasteiger partial charge in [0.15, 0.2) is 0 Å². The van der Waals surface area contributed by atoms with Gasteiger partial charge in [-0.1, -0.05) is 13.8 Å². The molecule has 0 saturated carbocycles. The first kappa shape index (κ1) is 5.87. The fraction of sp³-hybridized carbons (Fsp3) is 0.833. The smallest absolute Gasteiger partial charge is 0.0626 e. The van der Waals surface area contributed by atoms with Gasteiger partial charge in [0.1, 0.15) is 0 Å². The van der Waals surface area contributed by atoms with Crippen LogP contribution in [0.5, 0.6) is 0 Å². The molecular formula is C6H13+. The van der Waals surface area contributed by atoms with E-state index >= 15 is 0 Å². The molecule has 0 saturated heterocycles. The molecule has 0 atom stereocenters. The van der Waals surface area contributed by atoms with Crippen LogP contribution in [0.15, 0.2) is 0 Å². The van der Waals surface area contributed by atoms with Crippen LogP contribution in [0.4, 0.5) is 0 Å². The molecule has 0 rings (SSSR count). The van der Waals surface area contributed by atoms with E-state index in [0.717, 1.165) is 12.3 Å². The Morgan fingerprint density at radius 3 is 2.00 bits per heavy atom. The third-order valence-corrected chi connectivity index (χ3v) is 0.781. The summed E-state index contributed by atoms with van der Waals surface area (Å²) in [6.45, 7) is 8.15. The van der Waals surface area contributed by atoms with Crippen molar-refractivity contribution in [2.24, 2.45) is 5.92 Å². The van der Waals surface area contributed by atoms with Gasteiger partial charge in [-0.3, -0.25) is 0 Å². The van der Waals surface area contributed by atoms with E-state index in [4.69, 9.17) is 0 Å². The minimum Gasteiger partial charge on any atom is -0.0626 e. The van der Waals surface area contributed by atoms with E-state index in [-0.39, 0.29) is 0 Å². The first-order chi connectivity index (χ1) is 2.77. The average molecular weight is 85.2 g/mol. The standard InChI is InChI=1S/C6H13/c1-4-5-6(2)3/h6H,1,4-5H2,2-3H3/q+1. The largest absolute Gasteiger partial charge is 0.0853 e. The Labute approximate surface area is 40.6 Å². The Bertz CT molecular complexity index is 21.2. The zero-order chi connectivity index (χ0) is 4.99. The maximum absolute atomic E-state index is 3.73. The molecule has 36 valence electrons. The molecule has 6 heavy (non-hydrogen) atoms. The lowest BCUT2D eigenvalue weighted by atomic mass is 10.1. The summed E-state index contributed by atoms with van der Waals surface area (Å²) in [6.07, 6.45) is 2.34. The highest BCUT2D eigenvalue weighted by molar-refractivity contribution is 4.44. The van der Waals surface area contributed by atoms with Crippen molar-refractivity contribution < 1.29 is 0 Å². The minimum atomic E-state index is 0.836. The van der Waals surface area contributed by atoms with Crippen LogP contribution in [-0.4, -0.2) is 0 Å². The van der Waals surface area contributed by atoms with Gasteiger partial charge in [0.25, 0.3) is 0 Å². The maximum atomic E-state index is 3.73. The zero-order valence-corrected chi connectivity index (χ0v) is 4.70. The van der Waals surface area contributed by atoms with E-state index < -0.39 is 0 Å². The first-order valence-electron chi connectivity index (χ1n) is 2.56. The van der Waals surface area contributed by atoms with Crippen molar-refractivity contribution in [2.45, 2.75) is 26.7 Å². The quantitative estimate of drug-likeness (QED) is 0.451. The maximum Gasteiger partial charge on any atom is 0.0853 e. The molecule has 0 aromatic heterocycles. The van der Waals surface area contributed by atoms with Crippen LogP contribution in [0, 0.1) is 12.8 Å². The van der Waals surface area contributed by atoms with Gasteiger partial charge in [0, 0.05) is 0 Å². The monoisotopic (exact) mass is 85.1 g/mol. The van der Waals surface area contributed by atoms with Crippen LogP contribution < -0.4 is 0 Å². The van der Waals surface area contributed by atoms with Crippen LogP contribution >= 0.6 is 0 Å². The Morgan fingerprint density at radius 2 is 2.00 bits per heavy atom. The van der Waals surface area contributed by atoms with Crippen molar-refractivity contribution >= 4 is 0 Å². The van der Waals surface area contributed by atoms with Crippen LogP contribution in [0.1, 0.15) is 26.7 Å². The van der Waals surface area contributed by atoms with Crippen molar-refractivity contribution in [3.8, 4) is 0 Å². The van der Waals surface area contributed by atoms with Crippen molar-refractivity contribution in [1.82, 2.24) is 0 Å². The van der Waals surface area contributed by atoms with Gasteiger partial charge < -0.3 is 0 Å². The Kier molecular flexibility index (Phi) is 3.01. The topological polar surface area (TPSA) is 0 Å². The second kappa shape index (κ2) is 3.08. The molecule has 0 aliphatic rings. The van der Waals surface area contributed by atoms with E-state index in [1.54, 1.807) is 0 Å². The van der Waals surface area contributed by atoms with Gasteiger partial charge >= 0.3 is 0 Å². The van der Waals surface area contributed by atoms with Crippen LogP contribution in [0.2, 0.25) is 0 Å². The first-order valence-corrected chi connectivity index (χ1v) is 2.56. The van der Waals surface area contributed by atoms with E-state index in [2.05, 4.69) is 20.8 Å². The van der Waals surface area contributed by atoms with Crippen molar-refractivity contribution in [1.29, 1.82) is 0 Å². The van der Waals surface area contributed by atoms with Crippen LogP contribution in [0.3, 0.4) is 0 Å². The van der Waals surface area contributed by atoms with E-state index in [9.17, 15) is 0 Å². The molecule has 0 aliphatic heterocycles. The molecular weight excluding hydrogens is 72.1 g/mol. The summed E-state index contributed by atoms with van der Waals surface area (Å²) in [5.74, 6) is 0.836. The third kappa shape index (κ3) is 3.87. The highest BCUT2D eigenvalue weighted by Crippen LogP contribution is 2.00. The highest BCUT2D eigenvalue weighted by Gasteiger charge is 1.89. The van der Waals surface area contributed by atoms with Crippen LogP contribution in [0.25, 0.3) is 0 Å². The van der Waals surface area contributed by atoms with Crippen LogP contribution in [-0.2, 0) is 0 Å². The lowest BCUT2D eigenvalue weighted by Crippen LogP contribution is -1.81. The predicted molar refractivity (Wildman–Crippen MR) is 29.4 cm³/mol. The van der Waals surface area contributed by atoms with Gasteiger partial charge in [-0.2, -0.15) is 0 Å². The summed E-state index contributed by atoms with van der Waals surface area (Å²) in [5, 5.41) is 0. The number of rotatable bonds is 2. The Morgan fingerprint density at radius 1 is 1.50 bits per heavy atom. The molecule has 0 aromatic carbocycles. The molecule has 0 aliphatic carbocycles. The van der Waals surface area contributed by atoms with E-state index in [1.807, 2.05) is 0 Å². The fourth-order valence-corrected chi connectivity index (χ4v) is 0.408. The fourth-order valence-electron chi connectivity index (χ4n) is 0.408. The molecule has 0 nitrogen and oxygen atoms in total. The van der Waals surface area contributed by atoms with Crippen molar-refractivity contribution in [2.75, 3.05) is 0 Å². The average Bonchev–Trinajstić information content (AvgIpc) is 1.35. The Hall–Kier alpha value is -0.130. The lowest BCUT2D eigenvalue weighted by molar-refractivity contribution is 0.593. The SMILES string of the molecule is [CH2+]CCC(C)C. The van der Waals surface area contributed by atoms with Crippen molar-refractivity contribution in [3.63, 3.8) is 0 Å². The predicted octanol–water partition coefficient (Wildman–Crippen LogP) is 2.26. The van der Waals surface area contributed by atoms with Gasteiger partial charge in [0.05, 0.1) is 13.3 Å². The van der Waals surface area contributed by atoms with Gasteiger partial charge in [-0.05, 0) is 12.3 Å². The number of hydrogen-bond donors (Lipinski definition) is 0. The third-order valence-electron chi connectivity index (χ3n) is 0.781. The van der Waals surface area contributed by atoms with E-state index in [0.29, 0.717) is 0 Å². The highest BCUT2D eigenvalue weighted by atomic mass is 13.9. The molecule has 0 unspecified atom stereocenters. The second-order valence-corrected chi connectivity index (χ2v) is 2.04. The molecule has 0 heterocycles. The van der Waals surface area contributed by atoms with Gasteiger partial charge in [0.2, 0.25) is 0 Å². The lowest BCUT2D eigenvalue weighted by Gasteiger charge is -1.92. The van der Waals surface area contributed by atoms with Crippen molar-refractivity contribution in [3.05, 3.63) is 6.92 Å². The second-order valence-electron chi connectivity index (χ2n) is 2.04. The normalized spacial score (nSPS) is 9.83. The summed E-state index contributed by atoms with van der Waals surface area (Å²) in [7, 11) is 0. The molecule has 0 amide bonds. The van der Waals surface area contributed by atoms with Gasteiger partial charge in [-0.25, -0.2) is 0 Å². The molecule has 0 spiro atoms.